The number of aromatic nitrogens is 2. The molecule has 6 aromatic carbocycles. The van der Waals surface area contributed by atoms with Gasteiger partial charge in [0.05, 0.1) is 69.6 Å². The summed E-state index contributed by atoms with van der Waals surface area (Å²) in [5.74, 6) is -3.10. The van der Waals surface area contributed by atoms with E-state index >= 15 is 8.78 Å². The minimum absolute atomic E-state index is 0. The molecule has 424 valence electrons. The molecule has 4 N–H and O–H groups in total. The van der Waals surface area contributed by atoms with E-state index in [1.165, 1.54) is 24.3 Å². The Balaban J connectivity index is 0.000000214. The van der Waals surface area contributed by atoms with E-state index in [2.05, 4.69) is 0 Å². The average Bonchev–Trinajstić information content (AvgIpc) is 3.74. The van der Waals surface area contributed by atoms with E-state index in [4.69, 9.17) is 9.97 Å². The van der Waals surface area contributed by atoms with Crippen molar-refractivity contribution in [2.24, 2.45) is 0 Å². The first-order chi connectivity index (χ1) is 39.4. The van der Waals surface area contributed by atoms with Crippen LogP contribution in [-0.2, 0) is 9.59 Å². The summed E-state index contributed by atoms with van der Waals surface area (Å²) in [6.45, 7) is 0. The maximum atomic E-state index is 15.8. The fraction of sp³-hybridized carbons (Fsp3) is 0.273. The third kappa shape index (κ3) is 15.3. The number of benzene rings is 6. The molecule has 4 atom stereocenters. The molecule has 10 rings (SSSR count). The largest absolute Gasteiger partial charge is 2.00 e. The van der Waals surface area contributed by atoms with E-state index in [0.29, 0.717) is 33.2 Å². The number of rotatable bonds is 22. The van der Waals surface area contributed by atoms with Crippen molar-refractivity contribution >= 4 is 129 Å². The van der Waals surface area contributed by atoms with E-state index in [-0.39, 0.29) is 62.4 Å². The second-order valence-electron chi connectivity index (χ2n) is 21.1. The van der Waals surface area contributed by atoms with Crippen LogP contribution in [0.2, 0.25) is 0 Å². The van der Waals surface area contributed by atoms with Gasteiger partial charge in [-0.15, -0.1) is 0 Å². The molecule has 2 aliphatic carbocycles. The summed E-state index contributed by atoms with van der Waals surface area (Å²) in [5, 5.41) is 64.0. The summed E-state index contributed by atoms with van der Waals surface area (Å²) in [7, 11) is 7.48. The third-order valence-electron chi connectivity index (χ3n) is 14.9. The molecule has 0 saturated heterocycles. The molecule has 0 radical (unpaired) electrons. The molecular weight excluding hydrogens is 1080 g/mol. The van der Waals surface area contributed by atoms with Gasteiger partial charge < -0.3 is 59.8 Å². The van der Waals surface area contributed by atoms with Crippen LogP contribution in [0.4, 0.5) is 54.3 Å². The molecular formula is C66H66CaF2N6O8. The van der Waals surface area contributed by atoms with Gasteiger partial charge in [0.1, 0.15) is 11.6 Å². The van der Waals surface area contributed by atoms with Crippen LogP contribution in [-0.4, -0.2) is 133 Å². The molecule has 2 fully saturated rings. The molecule has 2 saturated carbocycles. The molecule has 0 aliphatic heterocycles. The maximum absolute atomic E-state index is 15.8. The van der Waals surface area contributed by atoms with Crippen LogP contribution in [0.5, 0.6) is 0 Å². The van der Waals surface area contributed by atoms with Crippen LogP contribution in [0, 0.1) is 11.6 Å². The van der Waals surface area contributed by atoms with Gasteiger partial charge in [0.25, 0.3) is 0 Å². The number of aliphatic hydroxyl groups excluding tert-OH is 4. The summed E-state index contributed by atoms with van der Waals surface area (Å²) in [6.07, 6.45) is 4.36. The zero-order valence-corrected chi connectivity index (χ0v) is 49.1. The number of carbonyl (C=O) groups excluding carboxylic acids is 2. The normalized spacial score (nSPS) is 14.6. The number of hydrogen-bond acceptors (Lipinski definition) is 14. The molecule has 83 heavy (non-hydrogen) atoms. The SMILES string of the molecule is CN(c1ccccc1)c1cc2nc(C3CC3)c(/C=C/[C@@H](O)C[C@@H](O)CC(=O)[O-])c(N(C)c3ccccc3)c2cc1F.CN(c1ccccc1)c1cc2nc(C3CC3)c(/C=C/[C@@H](O)C[C@@H](O)CC(=O)[O-])c(N(C)c3ccccc3)c2cc1F.[Ca+2]. The number of aliphatic carboxylic acids is 2. The van der Waals surface area contributed by atoms with Crippen LogP contribution in [0.1, 0.15) is 85.7 Å². The van der Waals surface area contributed by atoms with Crippen LogP contribution in [0.3, 0.4) is 0 Å². The second kappa shape index (κ2) is 27.9. The third-order valence-corrected chi connectivity index (χ3v) is 14.9. The first kappa shape index (κ1) is 61.8. The Morgan fingerprint density at radius 1 is 0.518 bits per heavy atom. The number of fused-ring (bicyclic) bond motifs is 2. The molecule has 8 aromatic rings. The Morgan fingerprint density at radius 2 is 0.819 bits per heavy atom. The number of carbonyl (C=O) groups is 2. The first-order valence-electron chi connectivity index (χ1n) is 27.4. The summed E-state index contributed by atoms with van der Waals surface area (Å²) >= 11 is 0. The summed E-state index contributed by atoms with van der Waals surface area (Å²) in [4.78, 5) is 39.3. The predicted molar refractivity (Wildman–Crippen MR) is 322 cm³/mol. The topological polar surface area (TPSA) is 200 Å². The van der Waals surface area contributed by atoms with Gasteiger partial charge in [-0.25, -0.2) is 8.78 Å². The smallest absolute Gasteiger partial charge is 0.550 e. The number of hydrogen-bond donors (Lipinski definition) is 4. The Hall–Kier alpha value is -7.28. The van der Waals surface area contributed by atoms with Crippen LogP contribution in [0.25, 0.3) is 34.0 Å². The second-order valence-corrected chi connectivity index (χ2v) is 21.1. The van der Waals surface area contributed by atoms with Crippen molar-refractivity contribution in [3.8, 4) is 0 Å². The Kier molecular flexibility index (Phi) is 20.7. The van der Waals surface area contributed by atoms with Crippen molar-refractivity contribution in [1.29, 1.82) is 0 Å². The van der Waals surface area contributed by atoms with Crippen molar-refractivity contribution in [2.75, 3.05) is 47.8 Å². The van der Waals surface area contributed by atoms with Crippen LogP contribution in [0.15, 0.2) is 158 Å². The first-order valence-corrected chi connectivity index (χ1v) is 27.4. The number of carboxylic acid groups (broad SMARTS) is 2. The van der Waals surface area contributed by atoms with Gasteiger partial charge in [0.15, 0.2) is 0 Å². The van der Waals surface area contributed by atoms with Gasteiger partial charge in [0.2, 0.25) is 0 Å². The fourth-order valence-corrected chi connectivity index (χ4v) is 10.3. The van der Waals surface area contributed by atoms with Gasteiger partial charge in [-0.1, -0.05) is 97.1 Å². The quantitative estimate of drug-likeness (QED) is 0.0468. The molecule has 17 heteroatoms. The van der Waals surface area contributed by atoms with Crippen molar-refractivity contribution in [2.45, 2.75) is 87.6 Å². The standard InChI is InChI=1S/2C33H34FN3O4.Ca/c2*1-36(22-9-5-3-6-10-22)30-20-29-27(19-28(30)34)33(37(2)23-11-7-4-8-12-23)26(32(35-29)21-13-14-21)16-15-24(38)17-25(39)18-31(40)41;/h2*3-12,15-16,19-21,24-25,38-39H,13-14,17-18H2,1-2H3,(H,40,41);/q;;+2/p-2/b2*16-15+;/t2*24-,25-;/m11./s1. The minimum Gasteiger partial charge on any atom is -0.550 e. The number of aliphatic hydroxyl groups is 4. The summed E-state index contributed by atoms with van der Waals surface area (Å²) in [5.41, 5.74) is 10.3. The number of nitrogens with zero attached hydrogens (tertiary/aromatic N) is 6. The monoisotopic (exact) mass is 1150 g/mol. The summed E-state index contributed by atoms with van der Waals surface area (Å²) in [6, 6.07) is 45.2. The van der Waals surface area contributed by atoms with Gasteiger partial charge in [-0.3, -0.25) is 9.97 Å². The van der Waals surface area contributed by atoms with Crippen LogP contribution < -0.4 is 29.8 Å². The number of para-hydroxylation sites is 4. The van der Waals surface area contributed by atoms with Gasteiger partial charge in [-0.05, 0) is 98.5 Å². The Labute approximate surface area is 511 Å². The molecule has 0 bridgehead atoms. The van der Waals surface area contributed by atoms with Crippen molar-refractivity contribution in [3.63, 3.8) is 0 Å². The zero-order chi connectivity index (χ0) is 58.2. The number of halogens is 2. The minimum atomic E-state index is -1.38. The van der Waals surface area contributed by atoms with Gasteiger partial charge >= 0.3 is 37.7 Å². The predicted octanol–water partition coefficient (Wildman–Crippen LogP) is 9.72. The Bertz CT molecular complexity index is 3360. The molecule has 0 amide bonds. The van der Waals surface area contributed by atoms with E-state index < -0.39 is 60.8 Å². The van der Waals surface area contributed by atoms with E-state index in [9.17, 15) is 40.2 Å². The van der Waals surface area contributed by atoms with E-state index in [0.717, 1.165) is 82.3 Å². The molecule has 14 nitrogen and oxygen atoms in total. The van der Waals surface area contributed by atoms with Crippen molar-refractivity contribution < 1.29 is 49.0 Å². The number of carboxylic acids is 2. The van der Waals surface area contributed by atoms with E-state index in [1.54, 1.807) is 34.1 Å². The maximum Gasteiger partial charge on any atom is 2.00 e. The molecule has 0 spiro atoms. The Morgan fingerprint density at radius 3 is 1.11 bits per heavy atom. The number of anilines is 8. The van der Waals surface area contributed by atoms with E-state index in [1.807, 2.05) is 159 Å². The van der Waals surface area contributed by atoms with Crippen LogP contribution >= 0.6 is 0 Å². The molecule has 2 heterocycles. The number of pyridine rings is 2. The molecule has 0 unspecified atom stereocenters. The fourth-order valence-electron chi connectivity index (χ4n) is 10.3. The van der Waals surface area contributed by atoms with Crippen molar-refractivity contribution in [3.05, 3.63) is 192 Å². The molecule has 2 aliphatic rings. The summed E-state index contributed by atoms with van der Waals surface area (Å²) < 4.78 is 31.7. The van der Waals surface area contributed by atoms with Gasteiger partial charge in [0, 0.05) is 122 Å². The average molecular weight is 1150 g/mol. The molecule has 2 aromatic heterocycles. The van der Waals surface area contributed by atoms with Crippen molar-refractivity contribution in [1.82, 2.24) is 9.97 Å². The zero-order valence-electron chi connectivity index (χ0n) is 46.9. The van der Waals surface area contributed by atoms with Gasteiger partial charge in [-0.2, -0.15) is 0 Å².